The lowest BCUT2D eigenvalue weighted by Crippen LogP contribution is -2.45. The van der Waals surface area contributed by atoms with Gasteiger partial charge in [-0.1, -0.05) is 26.0 Å². The van der Waals surface area contributed by atoms with Crippen molar-refractivity contribution in [3.63, 3.8) is 0 Å². The zero-order valence-corrected chi connectivity index (χ0v) is 20.1. The third kappa shape index (κ3) is 9.41. The molecule has 1 aromatic carbocycles. The lowest BCUT2D eigenvalue weighted by atomic mass is 10.0. The predicted octanol–water partition coefficient (Wildman–Crippen LogP) is 2.65. The molecular weight excluding hydrogens is 453 g/mol. The Kier molecular flexibility index (Phi) is 12.3. The molecule has 0 heterocycles. The molecule has 154 valence electrons. The number of nitrogens with one attached hydrogen (secondary N) is 2. The molecule has 0 bridgehead atoms. The lowest BCUT2D eigenvalue weighted by molar-refractivity contribution is 0.0827. The van der Waals surface area contributed by atoms with Gasteiger partial charge in [-0.25, -0.2) is 0 Å². The second-order valence-electron chi connectivity index (χ2n) is 7.45. The zero-order chi connectivity index (χ0) is 19.7. The number of amides is 1. The quantitative estimate of drug-likeness (QED) is 0.335. The highest BCUT2D eigenvalue weighted by Crippen LogP contribution is 2.08. The van der Waals surface area contributed by atoms with Crippen molar-refractivity contribution in [3.8, 4) is 0 Å². The van der Waals surface area contributed by atoms with Gasteiger partial charge < -0.3 is 20.4 Å². The molecule has 0 aliphatic heterocycles. The number of carbonyl (C=O) groups excluding carboxylic acids is 1. The molecule has 0 fully saturated rings. The predicted molar refractivity (Wildman–Crippen MR) is 125 cm³/mol. The number of carbonyl (C=O) groups is 1. The first-order chi connectivity index (χ1) is 12.2. The van der Waals surface area contributed by atoms with E-state index in [0.29, 0.717) is 24.1 Å². The molecule has 2 N–H and O–H groups in total. The van der Waals surface area contributed by atoms with E-state index in [9.17, 15) is 4.79 Å². The second kappa shape index (κ2) is 12.9. The summed E-state index contributed by atoms with van der Waals surface area (Å²) in [6.07, 6.45) is 1.14. The molecule has 0 aliphatic carbocycles. The third-order valence-electron chi connectivity index (χ3n) is 4.27. The Morgan fingerprint density at radius 1 is 1.07 bits per heavy atom. The Morgan fingerprint density at radius 2 is 1.67 bits per heavy atom. The molecule has 0 saturated carbocycles. The fourth-order valence-electron chi connectivity index (χ4n) is 2.67. The summed E-state index contributed by atoms with van der Waals surface area (Å²) in [7, 11) is 9.52. The van der Waals surface area contributed by atoms with Gasteiger partial charge in [0.2, 0.25) is 0 Å². The van der Waals surface area contributed by atoms with E-state index in [1.807, 2.05) is 24.3 Å². The van der Waals surface area contributed by atoms with Crippen molar-refractivity contribution < 1.29 is 4.79 Å². The Morgan fingerprint density at radius 3 is 2.11 bits per heavy atom. The van der Waals surface area contributed by atoms with Crippen LogP contribution in [0.3, 0.4) is 0 Å². The molecule has 0 spiro atoms. The molecule has 0 aliphatic rings. The maximum absolute atomic E-state index is 11.9. The van der Waals surface area contributed by atoms with Crippen LogP contribution in [0.1, 0.15) is 36.2 Å². The minimum Gasteiger partial charge on any atom is -0.355 e. The van der Waals surface area contributed by atoms with E-state index in [0.717, 1.165) is 24.5 Å². The summed E-state index contributed by atoms with van der Waals surface area (Å²) in [6, 6.07) is 8.13. The van der Waals surface area contributed by atoms with E-state index in [1.165, 1.54) is 0 Å². The van der Waals surface area contributed by atoms with E-state index in [2.05, 4.69) is 48.5 Å². The Bertz CT molecular complexity index is 585. The van der Waals surface area contributed by atoms with Gasteiger partial charge in [-0.15, -0.1) is 24.0 Å². The molecule has 0 saturated heterocycles. The molecule has 1 unspecified atom stereocenters. The Labute approximate surface area is 181 Å². The maximum Gasteiger partial charge on any atom is 0.253 e. The van der Waals surface area contributed by atoms with Gasteiger partial charge >= 0.3 is 0 Å². The molecule has 7 heteroatoms. The zero-order valence-electron chi connectivity index (χ0n) is 17.7. The van der Waals surface area contributed by atoms with Crippen molar-refractivity contribution >= 4 is 35.8 Å². The summed E-state index contributed by atoms with van der Waals surface area (Å²) in [5.74, 6) is 1.46. The van der Waals surface area contributed by atoms with Crippen LogP contribution in [0.25, 0.3) is 0 Å². The Balaban J connectivity index is 0.00000676. The van der Waals surface area contributed by atoms with Crippen LogP contribution in [-0.4, -0.2) is 69.5 Å². The first kappa shape index (κ1) is 25.6. The molecule has 6 nitrogen and oxygen atoms in total. The molecule has 1 atom stereocenters. The summed E-state index contributed by atoms with van der Waals surface area (Å²) in [5.41, 5.74) is 1.80. The fourth-order valence-corrected chi connectivity index (χ4v) is 2.67. The molecule has 1 amide bonds. The van der Waals surface area contributed by atoms with Crippen molar-refractivity contribution in [2.24, 2.45) is 10.9 Å². The van der Waals surface area contributed by atoms with Gasteiger partial charge in [0.15, 0.2) is 5.96 Å². The summed E-state index contributed by atoms with van der Waals surface area (Å²) >= 11 is 0. The minimum atomic E-state index is 0. The average molecular weight is 489 g/mol. The van der Waals surface area contributed by atoms with Gasteiger partial charge in [-0.2, -0.15) is 0 Å². The topological polar surface area (TPSA) is 60.0 Å². The van der Waals surface area contributed by atoms with Gasteiger partial charge in [0.1, 0.15) is 0 Å². The highest BCUT2D eigenvalue weighted by Gasteiger charge is 2.14. The monoisotopic (exact) mass is 489 g/mol. The van der Waals surface area contributed by atoms with Crippen LogP contribution in [0.15, 0.2) is 29.3 Å². The van der Waals surface area contributed by atoms with Crippen LogP contribution in [0, 0.1) is 5.92 Å². The van der Waals surface area contributed by atoms with Crippen molar-refractivity contribution in [3.05, 3.63) is 35.4 Å². The second-order valence-corrected chi connectivity index (χ2v) is 7.45. The van der Waals surface area contributed by atoms with Crippen LogP contribution >= 0.6 is 24.0 Å². The van der Waals surface area contributed by atoms with Gasteiger partial charge in [-0.3, -0.25) is 9.79 Å². The van der Waals surface area contributed by atoms with E-state index in [-0.39, 0.29) is 29.9 Å². The minimum absolute atomic E-state index is 0. The van der Waals surface area contributed by atoms with Crippen LogP contribution in [0.2, 0.25) is 0 Å². The number of halogens is 1. The van der Waals surface area contributed by atoms with E-state index in [1.54, 1.807) is 26.0 Å². The van der Waals surface area contributed by atoms with Crippen LogP contribution in [0.5, 0.6) is 0 Å². The fraction of sp³-hybridized carbons (Fsp3) is 0.600. The first-order valence-corrected chi connectivity index (χ1v) is 9.16. The number of aliphatic imine (C=N–C) groups is 1. The molecule has 1 rings (SSSR count). The molecular formula is C20H36IN5O. The van der Waals surface area contributed by atoms with Crippen molar-refractivity contribution in [2.45, 2.75) is 32.9 Å². The van der Waals surface area contributed by atoms with Crippen LogP contribution in [0.4, 0.5) is 0 Å². The smallest absolute Gasteiger partial charge is 0.253 e. The number of likely N-dealkylation sites (N-methyl/N-ethyl adjacent to an activating group) is 1. The largest absolute Gasteiger partial charge is 0.355 e. The van der Waals surface area contributed by atoms with E-state index in [4.69, 9.17) is 0 Å². The first-order valence-electron chi connectivity index (χ1n) is 9.16. The van der Waals surface area contributed by atoms with Gasteiger partial charge in [0.25, 0.3) is 5.91 Å². The molecule has 1 aromatic rings. The number of benzene rings is 1. The van der Waals surface area contributed by atoms with Crippen molar-refractivity contribution in [1.29, 1.82) is 0 Å². The SMILES string of the molecule is CN=C(NCc1ccc(C(=O)N(C)C)cc1)NCC(CC(C)C)N(C)C.I. The number of nitrogens with zero attached hydrogens (tertiary/aromatic N) is 3. The third-order valence-corrected chi connectivity index (χ3v) is 4.27. The average Bonchev–Trinajstić information content (AvgIpc) is 2.60. The highest BCUT2D eigenvalue weighted by molar-refractivity contribution is 14.0. The number of hydrogen-bond donors (Lipinski definition) is 2. The standard InChI is InChI=1S/C20H35N5O.HI/c1-15(2)12-18(24(4)5)14-23-20(21-3)22-13-16-8-10-17(11-9-16)19(26)25(6)7;/h8-11,15,18H,12-14H2,1-7H3,(H2,21,22,23);1H. The maximum atomic E-state index is 11.9. The normalized spacial score (nSPS) is 12.6. The molecule has 0 radical (unpaired) electrons. The van der Waals surface area contributed by atoms with E-state index >= 15 is 0 Å². The summed E-state index contributed by atoms with van der Waals surface area (Å²) < 4.78 is 0. The number of rotatable bonds is 8. The van der Waals surface area contributed by atoms with Gasteiger partial charge in [0, 0.05) is 45.8 Å². The van der Waals surface area contributed by atoms with Gasteiger partial charge in [-0.05, 0) is 44.1 Å². The number of hydrogen-bond acceptors (Lipinski definition) is 3. The highest BCUT2D eigenvalue weighted by atomic mass is 127. The number of guanidine groups is 1. The molecule has 0 aromatic heterocycles. The summed E-state index contributed by atoms with van der Waals surface area (Å²) in [5, 5.41) is 6.74. The lowest BCUT2D eigenvalue weighted by Gasteiger charge is -2.27. The summed E-state index contributed by atoms with van der Waals surface area (Å²) in [4.78, 5) is 20.1. The van der Waals surface area contributed by atoms with Gasteiger partial charge in [0.05, 0.1) is 0 Å². The van der Waals surface area contributed by atoms with Crippen molar-refractivity contribution in [2.75, 3.05) is 41.8 Å². The van der Waals surface area contributed by atoms with Crippen LogP contribution < -0.4 is 10.6 Å². The Hall–Kier alpha value is -1.35. The van der Waals surface area contributed by atoms with Crippen LogP contribution in [-0.2, 0) is 6.54 Å². The van der Waals surface area contributed by atoms with Crippen molar-refractivity contribution in [1.82, 2.24) is 20.4 Å². The molecule has 27 heavy (non-hydrogen) atoms. The van der Waals surface area contributed by atoms with E-state index < -0.39 is 0 Å². The summed E-state index contributed by atoms with van der Waals surface area (Å²) in [6.45, 7) is 6.00.